The van der Waals surface area contributed by atoms with E-state index in [9.17, 15) is 5.11 Å². The molecule has 0 amide bonds. The molecule has 106 valence electrons. The number of aliphatic hydroxyl groups is 1. The average Bonchev–Trinajstić information content (AvgIpc) is 2.28. The SMILES string of the molecule is C=CCC1(CC=C)CC(O)CC(CC=C)(CC=C)N1. The molecule has 2 N–H and O–H groups in total. The second-order valence-corrected chi connectivity index (χ2v) is 5.72. The van der Waals surface area contributed by atoms with Crippen LogP contribution in [-0.4, -0.2) is 22.3 Å². The van der Waals surface area contributed by atoms with Gasteiger partial charge in [0.25, 0.3) is 0 Å². The molecule has 0 aromatic carbocycles. The van der Waals surface area contributed by atoms with Gasteiger partial charge >= 0.3 is 0 Å². The Kier molecular flexibility index (Phi) is 5.77. The summed E-state index contributed by atoms with van der Waals surface area (Å²) in [5, 5.41) is 14.1. The van der Waals surface area contributed by atoms with Gasteiger partial charge in [-0.1, -0.05) is 24.3 Å². The van der Waals surface area contributed by atoms with Gasteiger partial charge in [-0.2, -0.15) is 0 Å². The van der Waals surface area contributed by atoms with Gasteiger partial charge in [0, 0.05) is 11.1 Å². The Morgan fingerprint density at radius 1 is 0.842 bits per heavy atom. The third-order valence-corrected chi connectivity index (χ3v) is 3.92. The van der Waals surface area contributed by atoms with E-state index in [2.05, 4.69) is 31.6 Å². The van der Waals surface area contributed by atoms with Crippen LogP contribution in [0.3, 0.4) is 0 Å². The van der Waals surface area contributed by atoms with E-state index in [0.717, 1.165) is 38.5 Å². The molecule has 1 heterocycles. The summed E-state index contributed by atoms with van der Waals surface area (Å²) < 4.78 is 0. The molecule has 0 unspecified atom stereocenters. The fourth-order valence-electron chi connectivity index (χ4n) is 3.45. The highest BCUT2D eigenvalue weighted by atomic mass is 16.3. The molecule has 0 bridgehead atoms. The summed E-state index contributed by atoms with van der Waals surface area (Å²) in [5.41, 5.74) is -0.291. The Morgan fingerprint density at radius 3 is 1.42 bits per heavy atom. The van der Waals surface area contributed by atoms with Gasteiger partial charge in [-0.25, -0.2) is 0 Å². The number of aliphatic hydroxyl groups excluding tert-OH is 1. The first-order chi connectivity index (χ1) is 9.05. The Labute approximate surface area is 117 Å². The van der Waals surface area contributed by atoms with Gasteiger partial charge in [-0.3, -0.25) is 0 Å². The number of nitrogens with one attached hydrogen (secondary N) is 1. The van der Waals surface area contributed by atoms with Gasteiger partial charge in [-0.05, 0) is 38.5 Å². The lowest BCUT2D eigenvalue weighted by Crippen LogP contribution is -2.64. The molecule has 0 radical (unpaired) electrons. The van der Waals surface area contributed by atoms with Crippen LogP contribution in [0.2, 0.25) is 0 Å². The summed E-state index contributed by atoms with van der Waals surface area (Å²) >= 11 is 0. The number of rotatable bonds is 8. The van der Waals surface area contributed by atoms with Gasteiger partial charge in [0.2, 0.25) is 0 Å². The molecule has 1 aliphatic heterocycles. The van der Waals surface area contributed by atoms with Crippen molar-refractivity contribution in [2.24, 2.45) is 0 Å². The highest BCUT2D eigenvalue weighted by Crippen LogP contribution is 2.38. The summed E-state index contributed by atoms with van der Waals surface area (Å²) in [6, 6.07) is 0. The Balaban J connectivity index is 3.06. The van der Waals surface area contributed by atoms with Gasteiger partial charge in [0.15, 0.2) is 0 Å². The van der Waals surface area contributed by atoms with Crippen LogP contribution >= 0.6 is 0 Å². The largest absolute Gasteiger partial charge is 0.393 e. The molecule has 1 aliphatic rings. The molecule has 0 aliphatic carbocycles. The van der Waals surface area contributed by atoms with Crippen molar-refractivity contribution < 1.29 is 5.11 Å². The Bertz CT molecular complexity index is 293. The molecule has 1 saturated heterocycles. The van der Waals surface area contributed by atoms with Crippen molar-refractivity contribution in [2.75, 3.05) is 0 Å². The van der Waals surface area contributed by atoms with Crippen molar-refractivity contribution in [1.82, 2.24) is 5.32 Å². The van der Waals surface area contributed by atoms with E-state index in [0.29, 0.717) is 0 Å². The predicted octanol–water partition coefficient (Wildman–Crippen LogP) is 3.51. The first-order valence-corrected chi connectivity index (χ1v) is 6.96. The summed E-state index contributed by atoms with van der Waals surface area (Å²) in [6.07, 6.45) is 12.1. The van der Waals surface area contributed by atoms with Crippen molar-refractivity contribution in [2.45, 2.75) is 55.7 Å². The van der Waals surface area contributed by atoms with E-state index in [4.69, 9.17) is 0 Å². The summed E-state index contributed by atoms with van der Waals surface area (Å²) in [6.45, 7) is 15.4. The Morgan fingerprint density at radius 2 is 1.16 bits per heavy atom. The molecule has 2 nitrogen and oxygen atoms in total. The normalized spacial score (nSPS) is 21.5. The van der Waals surface area contributed by atoms with Crippen molar-refractivity contribution in [3.8, 4) is 0 Å². The van der Waals surface area contributed by atoms with Crippen LogP contribution < -0.4 is 5.32 Å². The first kappa shape index (κ1) is 15.9. The summed E-state index contributed by atoms with van der Waals surface area (Å²) in [7, 11) is 0. The van der Waals surface area contributed by atoms with Crippen LogP contribution in [-0.2, 0) is 0 Å². The molecule has 0 atom stereocenters. The zero-order valence-corrected chi connectivity index (χ0v) is 11.9. The maximum absolute atomic E-state index is 10.3. The highest BCUT2D eigenvalue weighted by Gasteiger charge is 2.44. The molecule has 1 rings (SSSR count). The summed E-state index contributed by atoms with van der Waals surface area (Å²) in [4.78, 5) is 0. The van der Waals surface area contributed by atoms with E-state index in [1.165, 1.54) is 0 Å². The number of hydrogen-bond donors (Lipinski definition) is 2. The Hall–Kier alpha value is -1.12. The van der Waals surface area contributed by atoms with Crippen LogP contribution in [0.25, 0.3) is 0 Å². The van der Waals surface area contributed by atoms with E-state index in [1.54, 1.807) is 0 Å². The van der Waals surface area contributed by atoms with Crippen LogP contribution in [0.15, 0.2) is 50.6 Å². The number of piperidine rings is 1. The van der Waals surface area contributed by atoms with Gasteiger partial charge in [-0.15, -0.1) is 26.3 Å². The van der Waals surface area contributed by atoms with Gasteiger partial charge in [0.05, 0.1) is 6.10 Å². The molecule has 0 aromatic rings. The maximum atomic E-state index is 10.3. The minimum absolute atomic E-state index is 0.146. The zero-order chi connectivity index (χ0) is 14.4. The van der Waals surface area contributed by atoms with Crippen LogP contribution in [0.5, 0.6) is 0 Å². The monoisotopic (exact) mass is 261 g/mol. The molecular weight excluding hydrogens is 234 g/mol. The van der Waals surface area contributed by atoms with Crippen molar-refractivity contribution in [3.63, 3.8) is 0 Å². The molecular formula is C17H27NO. The lowest BCUT2D eigenvalue weighted by atomic mass is 9.71. The first-order valence-electron chi connectivity index (χ1n) is 6.96. The van der Waals surface area contributed by atoms with Crippen LogP contribution in [0.1, 0.15) is 38.5 Å². The van der Waals surface area contributed by atoms with Crippen LogP contribution in [0.4, 0.5) is 0 Å². The lowest BCUT2D eigenvalue weighted by molar-refractivity contribution is 0.0158. The molecule has 0 aromatic heterocycles. The fourth-order valence-corrected chi connectivity index (χ4v) is 3.45. The average molecular weight is 261 g/mol. The number of hydrogen-bond acceptors (Lipinski definition) is 2. The van der Waals surface area contributed by atoms with Crippen LogP contribution in [0, 0.1) is 0 Å². The third kappa shape index (κ3) is 3.92. The lowest BCUT2D eigenvalue weighted by Gasteiger charge is -2.51. The second kappa shape index (κ2) is 6.88. The van der Waals surface area contributed by atoms with Gasteiger partial charge in [0.1, 0.15) is 0 Å². The van der Waals surface area contributed by atoms with Gasteiger partial charge < -0.3 is 10.4 Å². The minimum Gasteiger partial charge on any atom is -0.393 e. The molecule has 1 fully saturated rings. The topological polar surface area (TPSA) is 32.3 Å². The molecule has 19 heavy (non-hydrogen) atoms. The predicted molar refractivity (Wildman–Crippen MR) is 83.1 cm³/mol. The maximum Gasteiger partial charge on any atom is 0.0575 e. The van der Waals surface area contributed by atoms with Crippen molar-refractivity contribution in [1.29, 1.82) is 0 Å². The molecule has 2 heteroatoms. The standard InChI is InChI=1S/C17H27NO/c1-5-9-16(10-6-2)13-15(19)14-17(18-16,11-7-3)12-8-4/h5-8,15,18-19H,1-4,9-14H2. The molecule has 0 spiro atoms. The van der Waals surface area contributed by atoms with E-state index in [1.807, 2.05) is 24.3 Å². The summed E-state index contributed by atoms with van der Waals surface area (Å²) in [5.74, 6) is 0. The third-order valence-electron chi connectivity index (χ3n) is 3.92. The van der Waals surface area contributed by atoms with E-state index in [-0.39, 0.29) is 17.2 Å². The van der Waals surface area contributed by atoms with Crippen molar-refractivity contribution >= 4 is 0 Å². The van der Waals surface area contributed by atoms with E-state index < -0.39 is 0 Å². The zero-order valence-electron chi connectivity index (χ0n) is 11.9. The smallest absolute Gasteiger partial charge is 0.0575 e. The fraction of sp³-hybridized carbons (Fsp3) is 0.529. The van der Waals surface area contributed by atoms with Crippen molar-refractivity contribution in [3.05, 3.63) is 50.6 Å². The quantitative estimate of drug-likeness (QED) is 0.655. The van der Waals surface area contributed by atoms with E-state index >= 15 is 0 Å². The highest BCUT2D eigenvalue weighted by molar-refractivity contribution is 5.12. The second-order valence-electron chi connectivity index (χ2n) is 5.72. The molecule has 0 saturated carbocycles. The minimum atomic E-state index is -0.305.